The van der Waals surface area contributed by atoms with Crippen molar-refractivity contribution in [3.8, 4) is 0 Å². The molecule has 0 radical (unpaired) electrons. The van der Waals surface area contributed by atoms with Gasteiger partial charge in [0.15, 0.2) is 11.6 Å². The molecule has 1 fully saturated rings. The van der Waals surface area contributed by atoms with Crippen LogP contribution in [0.2, 0.25) is 0 Å². The predicted octanol–water partition coefficient (Wildman–Crippen LogP) is 4.06. The highest BCUT2D eigenvalue weighted by Crippen LogP contribution is 2.24. The lowest BCUT2D eigenvalue weighted by Crippen LogP contribution is -2.35. The molecule has 1 aliphatic heterocycles. The van der Waals surface area contributed by atoms with Crippen LogP contribution in [0.4, 0.5) is 8.78 Å². The number of benzene rings is 1. The quantitative estimate of drug-likeness (QED) is 0.813. The molecule has 0 aromatic heterocycles. The van der Waals surface area contributed by atoms with Crippen molar-refractivity contribution < 1.29 is 13.4 Å². The first-order chi connectivity index (χ1) is 11.1. The van der Waals surface area contributed by atoms with Crippen LogP contribution in [0.3, 0.4) is 0 Å². The molecule has 1 aliphatic carbocycles. The standard InChI is InChI=1S/C18H24F2N3/c1-2-23(12-14-8-9-17(19)18(20)10-14)13-16(11-21-23)22-15-6-4-3-5-7-15/h8-11,13,15,22H,2-7,12H2,1H3/q+1. The van der Waals surface area contributed by atoms with Crippen molar-refractivity contribution in [2.45, 2.75) is 51.6 Å². The third kappa shape index (κ3) is 3.78. The van der Waals surface area contributed by atoms with Crippen molar-refractivity contribution >= 4 is 6.21 Å². The number of hydrogen-bond acceptors (Lipinski definition) is 2. The first kappa shape index (κ1) is 16.1. The zero-order chi connectivity index (χ0) is 16.3. The Bertz CT molecular complexity index is 621. The Hall–Kier alpha value is -1.75. The number of quaternary nitrogens is 1. The van der Waals surface area contributed by atoms with E-state index in [2.05, 4.69) is 23.5 Å². The zero-order valence-electron chi connectivity index (χ0n) is 13.6. The summed E-state index contributed by atoms with van der Waals surface area (Å²) in [5, 5.41) is 8.20. The molecule has 0 spiro atoms. The summed E-state index contributed by atoms with van der Waals surface area (Å²) < 4.78 is 26.9. The lowest BCUT2D eigenvalue weighted by Gasteiger charge is -2.25. The van der Waals surface area contributed by atoms with E-state index in [-0.39, 0.29) is 0 Å². The molecule has 3 rings (SSSR count). The van der Waals surface area contributed by atoms with Gasteiger partial charge >= 0.3 is 0 Å². The third-order valence-corrected chi connectivity index (χ3v) is 4.77. The van der Waals surface area contributed by atoms with Crippen LogP contribution in [0, 0.1) is 11.6 Å². The van der Waals surface area contributed by atoms with E-state index in [0.717, 1.165) is 17.8 Å². The van der Waals surface area contributed by atoms with Gasteiger partial charge in [0.05, 0.1) is 0 Å². The van der Waals surface area contributed by atoms with E-state index in [4.69, 9.17) is 0 Å². The highest BCUT2D eigenvalue weighted by Gasteiger charge is 2.30. The summed E-state index contributed by atoms with van der Waals surface area (Å²) in [5.74, 6) is -1.61. The molecule has 1 atom stereocenters. The van der Waals surface area contributed by atoms with Gasteiger partial charge in [0.1, 0.15) is 31.2 Å². The average Bonchev–Trinajstić information content (AvgIpc) is 2.95. The first-order valence-corrected chi connectivity index (χ1v) is 8.46. The topological polar surface area (TPSA) is 24.4 Å². The molecular weight excluding hydrogens is 296 g/mol. The number of hydrogen-bond donors (Lipinski definition) is 1. The minimum Gasteiger partial charge on any atom is -0.377 e. The molecule has 3 nitrogen and oxygen atoms in total. The van der Waals surface area contributed by atoms with Crippen molar-refractivity contribution in [3.63, 3.8) is 0 Å². The second kappa shape index (κ2) is 6.79. The van der Waals surface area contributed by atoms with Gasteiger partial charge in [0.2, 0.25) is 0 Å². The fourth-order valence-corrected chi connectivity index (χ4v) is 3.39. The van der Waals surface area contributed by atoms with Crippen LogP contribution in [0.1, 0.15) is 44.6 Å². The molecule has 23 heavy (non-hydrogen) atoms. The van der Waals surface area contributed by atoms with Gasteiger partial charge in [-0.15, -0.1) is 0 Å². The molecule has 0 bridgehead atoms. The molecule has 124 valence electrons. The molecule has 2 aliphatic rings. The summed E-state index contributed by atoms with van der Waals surface area (Å²) in [6, 6.07) is 4.61. The van der Waals surface area contributed by atoms with Gasteiger partial charge in [-0.05, 0) is 31.9 Å². The number of rotatable bonds is 5. The molecule has 1 aromatic carbocycles. The second-order valence-corrected chi connectivity index (χ2v) is 6.52. The SMILES string of the molecule is CC[N+]1(Cc2ccc(F)c(F)c2)C=C(NC2CCCCC2)C=N1. The molecule has 5 heteroatoms. The van der Waals surface area contributed by atoms with Crippen LogP contribution in [-0.2, 0) is 6.54 Å². The van der Waals surface area contributed by atoms with E-state index in [0.29, 0.717) is 17.2 Å². The van der Waals surface area contributed by atoms with E-state index in [1.54, 1.807) is 6.07 Å². The van der Waals surface area contributed by atoms with E-state index >= 15 is 0 Å². The number of nitrogens with one attached hydrogen (secondary N) is 1. The summed E-state index contributed by atoms with van der Waals surface area (Å²) >= 11 is 0. The Kier molecular flexibility index (Phi) is 4.76. The maximum atomic E-state index is 13.4. The van der Waals surface area contributed by atoms with Gasteiger partial charge in [-0.2, -0.15) is 4.59 Å². The molecule has 1 saturated carbocycles. The third-order valence-electron chi connectivity index (χ3n) is 4.77. The molecular formula is C18H24F2N3+. The van der Waals surface area contributed by atoms with Crippen molar-refractivity contribution in [1.82, 2.24) is 5.32 Å². The Labute approximate surface area is 136 Å². The Morgan fingerprint density at radius 1 is 1.17 bits per heavy atom. The van der Waals surface area contributed by atoms with Crippen LogP contribution >= 0.6 is 0 Å². The van der Waals surface area contributed by atoms with Gasteiger partial charge in [0, 0.05) is 11.6 Å². The minimum atomic E-state index is -0.808. The predicted molar refractivity (Wildman–Crippen MR) is 87.4 cm³/mol. The summed E-state index contributed by atoms with van der Waals surface area (Å²) in [7, 11) is 0. The number of halogens is 2. The number of nitrogens with zero attached hydrogens (tertiary/aromatic N) is 2. The van der Waals surface area contributed by atoms with Gasteiger partial charge in [-0.1, -0.05) is 30.4 Å². The van der Waals surface area contributed by atoms with E-state index in [1.807, 2.05) is 6.21 Å². The molecule has 1 unspecified atom stereocenters. The summed E-state index contributed by atoms with van der Waals surface area (Å²) in [4.78, 5) is 0. The van der Waals surface area contributed by atoms with Crippen LogP contribution < -0.4 is 5.32 Å². The average molecular weight is 320 g/mol. The summed E-state index contributed by atoms with van der Waals surface area (Å²) in [6.45, 7) is 3.35. The molecule has 0 saturated heterocycles. The second-order valence-electron chi connectivity index (χ2n) is 6.52. The smallest absolute Gasteiger partial charge is 0.159 e. The fraction of sp³-hybridized carbons (Fsp3) is 0.500. The number of allylic oxidation sites excluding steroid dienone is 1. The van der Waals surface area contributed by atoms with E-state index in [1.165, 1.54) is 44.2 Å². The molecule has 0 amide bonds. The Morgan fingerprint density at radius 2 is 1.96 bits per heavy atom. The van der Waals surface area contributed by atoms with Crippen LogP contribution in [0.5, 0.6) is 0 Å². The first-order valence-electron chi connectivity index (χ1n) is 8.46. The normalized spacial score (nSPS) is 24.7. The van der Waals surface area contributed by atoms with Crippen molar-refractivity contribution in [1.29, 1.82) is 0 Å². The van der Waals surface area contributed by atoms with E-state index < -0.39 is 11.6 Å². The molecule has 1 N–H and O–H groups in total. The molecule has 1 aromatic rings. The Balaban J connectivity index is 1.71. The van der Waals surface area contributed by atoms with Crippen LogP contribution in [-0.4, -0.2) is 23.4 Å². The van der Waals surface area contributed by atoms with Gasteiger partial charge in [0.25, 0.3) is 0 Å². The monoisotopic (exact) mass is 320 g/mol. The fourth-order valence-electron chi connectivity index (χ4n) is 3.39. The minimum absolute atomic E-state index is 0.389. The highest BCUT2D eigenvalue weighted by molar-refractivity contribution is 5.78. The largest absolute Gasteiger partial charge is 0.377 e. The lowest BCUT2D eigenvalue weighted by molar-refractivity contribution is -0.895. The van der Waals surface area contributed by atoms with E-state index in [9.17, 15) is 8.78 Å². The maximum absolute atomic E-state index is 13.4. The van der Waals surface area contributed by atoms with Gasteiger partial charge in [-0.25, -0.2) is 8.78 Å². The summed E-state index contributed by atoms with van der Waals surface area (Å²) in [6.07, 6.45) is 10.3. The lowest BCUT2D eigenvalue weighted by atomic mass is 9.95. The van der Waals surface area contributed by atoms with Crippen LogP contribution in [0.25, 0.3) is 0 Å². The van der Waals surface area contributed by atoms with Crippen molar-refractivity contribution in [3.05, 3.63) is 47.3 Å². The van der Waals surface area contributed by atoms with Crippen LogP contribution in [0.15, 0.2) is 35.2 Å². The maximum Gasteiger partial charge on any atom is 0.159 e. The van der Waals surface area contributed by atoms with Gasteiger partial charge < -0.3 is 5.32 Å². The van der Waals surface area contributed by atoms with Crippen molar-refractivity contribution in [2.75, 3.05) is 6.54 Å². The Morgan fingerprint density at radius 3 is 2.65 bits per heavy atom. The van der Waals surface area contributed by atoms with Crippen molar-refractivity contribution in [2.24, 2.45) is 5.10 Å². The highest BCUT2D eigenvalue weighted by atomic mass is 19.2. The zero-order valence-corrected chi connectivity index (χ0v) is 13.6. The molecule has 1 heterocycles. The van der Waals surface area contributed by atoms with Gasteiger partial charge in [-0.3, -0.25) is 0 Å². The summed E-state index contributed by atoms with van der Waals surface area (Å²) in [5.41, 5.74) is 1.79.